The number of aliphatic hydroxyl groups excluding tert-OH is 1. The molecule has 0 radical (unpaired) electrons. The van der Waals surface area contributed by atoms with E-state index in [4.69, 9.17) is 4.74 Å². The molecule has 0 unspecified atom stereocenters. The van der Waals surface area contributed by atoms with Gasteiger partial charge in [-0.3, -0.25) is 0 Å². The van der Waals surface area contributed by atoms with Gasteiger partial charge in [0, 0.05) is 0 Å². The Hall–Kier alpha value is -1.02. The van der Waals surface area contributed by atoms with Gasteiger partial charge in [-0.05, 0) is 42.9 Å². The Kier molecular flexibility index (Phi) is 3.49. The van der Waals surface area contributed by atoms with Gasteiger partial charge in [-0.1, -0.05) is 26.0 Å². The van der Waals surface area contributed by atoms with Crippen LogP contribution in [-0.4, -0.2) is 17.3 Å². The third-order valence-electron chi connectivity index (χ3n) is 3.23. The Morgan fingerprint density at radius 3 is 2.75 bits per heavy atom. The van der Waals surface area contributed by atoms with E-state index < -0.39 is 0 Å². The quantitative estimate of drug-likeness (QED) is 0.848. The van der Waals surface area contributed by atoms with Gasteiger partial charge in [0.15, 0.2) is 0 Å². The maximum Gasteiger partial charge on any atom is 0.124 e. The molecule has 0 amide bonds. The highest BCUT2D eigenvalue weighted by atomic mass is 16.5. The summed E-state index contributed by atoms with van der Waals surface area (Å²) in [6, 6.07) is 8.18. The number of hydrogen-bond acceptors (Lipinski definition) is 2. The first-order chi connectivity index (χ1) is 7.66. The maximum absolute atomic E-state index is 9.70. The van der Waals surface area contributed by atoms with E-state index in [1.165, 1.54) is 5.56 Å². The molecule has 1 aliphatic carbocycles. The second-order valence-corrected chi connectivity index (χ2v) is 4.88. The van der Waals surface area contributed by atoms with Crippen molar-refractivity contribution in [3.63, 3.8) is 0 Å². The van der Waals surface area contributed by atoms with E-state index in [1.807, 2.05) is 12.1 Å². The zero-order chi connectivity index (χ0) is 11.5. The molecule has 2 rings (SSSR count). The Balaban J connectivity index is 2.06. The lowest BCUT2D eigenvalue weighted by Gasteiger charge is -2.18. The number of benzene rings is 1. The normalized spacial score (nSPS) is 25.0. The van der Waals surface area contributed by atoms with Gasteiger partial charge in [0.05, 0.1) is 6.10 Å². The highest BCUT2D eigenvalue weighted by molar-refractivity contribution is 5.30. The average Bonchev–Trinajstić information content (AvgIpc) is 2.65. The van der Waals surface area contributed by atoms with Gasteiger partial charge >= 0.3 is 0 Å². The summed E-state index contributed by atoms with van der Waals surface area (Å²) in [5.41, 5.74) is 1.28. The minimum absolute atomic E-state index is 0.0117. The van der Waals surface area contributed by atoms with Crippen LogP contribution in [0.25, 0.3) is 0 Å². The molecule has 0 saturated heterocycles. The van der Waals surface area contributed by atoms with Crippen LogP contribution in [-0.2, 0) is 0 Å². The highest BCUT2D eigenvalue weighted by Crippen LogP contribution is 2.26. The van der Waals surface area contributed by atoms with Crippen molar-refractivity contribution < 1.29 is 9.84 Å². The molecule has 0 aromatic heterocycles. The second kappa shape index (κ2) is 4.88. The summed E-state index contributed by atoms with van der Waals surface area (Å²) >= 11 is 0. The van der Waals surface area contributed by atoms with Crippen LogP contribution < -0.4 is 4.74 Å². The zero-order valence-corrected chi connectivity index (χ0v) is 10.0. The third kappa shape index (κ3) is 2.56. The fraction of sp³-hybridized carbons (Fsp3) is 0.571. The van der Waals surface area contributed by atoms with Crippen molar-refractivity contribution in [2.24, 2.45) is 0 Å². The van der Waals surface area contributed by atoms with Gasteiger partial charge in [-0.15, -0.1) is 0 Å². The fourth-order valence-electron chi connectivity index (χ4n) is 2.17. The van der Waals surface area contributed by atoms with E-state index in [9.17, 15) is 5.11 Å². The first kappa shape index (κ1) is 11.5. The van der Waals surface area contributed by atoms with E-state index in [-0.39, 0.29) is 12.2 Å². The number of aliphatic hydroxyl groups is 1. The van der Waals surface area contributed by atoms with Crippen LogP contribution in [0, 0.1) is 0 Å². The molecule has 1 aromatic carbocycles. The van der Waals surface area contributed by atoms with Crippen molar-refractivity contribution >= 4 is 0 Å². The third-order valence-corrected chi connectivity index (χ3v) is 3.23. The largest absolute Gasteiger partial charge is 0.488 e. The van der Waals surface area contributed by atoms with E-state index >= 15 is 0 Å². The van der Waals surface area contributed by atoms with E-state index in [0.717, 1.165) is 25.0 Å². The summed E-state index contributed by atoms with van der Waals surface area (Å²) in [6.45, 7) is 4.34. The molecule has 1 aromatic rings. The summed E-state index contributed by atoms with van der Waals surface area (Å²) in [5, 5.41) is 9.70. The van der Waals surface area contributed by atoms with Crippen molar-refractivity contribution in [2.45, 2.75) is 51.2 Å². The average molecular weight is 220 g/mol. The topological polar surface area (TPSA) is 29.5 Å². The van der Waals surface area contributed by atoms with Crippen molar-refractivity contribution in [1.82, 2.24) is 0 Å². The van der Waals surface area contributed by atoms with Gasteiger partial charge in [0.2, 0.25) is 0 Å². The van der Waals surface area contributed by atoms with Gasteiger partial charge in [-0.25, -0.2) is 0 Å². The van der Waals surface area contributed by atoms with Crippen LogP contribution in [0.4, 0.5) is 0 Å². The van der Waals surface area contributed by atoms with Crippen molar-refractivity contribution in [1.29, 1.82) is 0 Å². The smallest absolute Gasteiger partial charge is 0.124 e. The first-order valence-corrected chi connectivity index (χ1v) is 6.11. The van der Waals surface area contributed by atoms with Crippen molar-refractivity contribution in [3.8, 4) is 5.75 Å². The van der Waals surface area contributed by atoms with Gasteiger partial charge < -0.3 is 9.84 Å². The molecule has 88 valence electrons. The molecule has 0 aliphatic heterocycles. The van der Waals surface area contributed by atoms with Crippen molar-refractivity contribution in [2.75, 3.05) is 0 Å². The van der Waals surface area contributed by atoms with Crippen LogP contribution >= 0.6 is 0 Å². The lowest BCUT2D eigenvalue weighted by atomic mass is 10.0. The SMILES string of the molecule is CC(C)c1cccc(O[C@@H]2CCC[C@H]2O)c1. The lowest BCUT2D eigenvalue weighted by molar-refractivity contribution is 0.0603. The summed E-state index contributed by atoms with van der Waals surface area (Å²) in [7, 11) is 0. The first-order valence-electron chi connectivity index (χ1n) is 6.11. The minimum Gasteiger partial charge on any atom is -0.488 e. The fourth-order valence-corrected chi connectivity index (χ4v) is 2.17. The number of ether oxygens (including phenoxy) is 1. The summed E-state index contributed by atoms with van der Waals surface area (Å²) in [4.78, 5) is 0. The Morgan fingerprint density at radius 1 is 1.31 bits per heavy atom. The molecular formula is C14H20O2. The molecule has 1 aliphatic rings. The second-order valence-electron chi connectivity index (χ2n) is 4.88. The minimum atomic E-state index is -0.289. The molecule has 0 heterocycles. The molecule has 1 saturated carbocycles. The molecule has 1 fully saturated rings. The summed E-state index contributed by atoms with van der Waals surface area (Å²) in [6.07, 6.45) is 2.60. The monoisotopic (exact) mass is 220 g/mol. The predicted molar refractivity (Wildman–Crippen MR) is 64.8 cm³/mol. The summed E-state index contributed by atoms with van der Waals surface area (Å²) in [5.74, 6) is 1.40. The van der Waals surface area contributed by atoms with Gasteiger partial charge in [-0.2, -0.15) is 0 Å². The predicted octanol–water partition coefficient (Wildman–Crippen LogP) is 3.10. The Bertz CT molecular complexity index is 346. The van der Waals surface area contributed by atoms with Crippen LogP contribution in [0.1, 0.15) is 44.6 Å². The van der Waals surface area contributed by atoms with Crippen molar-refractivity contribution in [3.05, 3.63) is 29.8 Å². The van der Waals surface area contributed by atoms with Gasteiger partial charge in [0.1, 0.15) is 11.9 Å². The number of hydrogen-bond donors (Lipinski definition) is 1. The van der Waals surface area contributed by atoms with Crippen LogP contribution in [0.2, 0.25) is 0 Å². The zero-order valence-electron chi connectivity index (χ0n) is 10.0. The lowest BCUT2D eigenvalue weighted by Crippen LogP contribution is -2.25. The Morgan fingerprint density at radius 2 is 2.12 bits per heavy atom. The van der Waals surface area contributed by atoms with Crippen LogP contribution in [0.5, 0.6) is 5.75 Å². The van der Waals surface area contributed by atoms with Crippen LogP contribution in [0.15, 0.2) is 24.3 Å². The molecule has 0 spiro atoms. The molecule has 16 heavy (non-hydrogen) atoms. The molecule has 2 atom stereocenters. The molecule has 2 heteroatoms. The molecule has 2 nitrogen and oxygen atoms in total. The maximum atomic E-state index is 9.70. The van der Waals surface area contributed by atoms with E-state index in [0.29, 0.717) is 5.92 Å². The van der Waals surface area contributed by atoms with E-state index in [1.54, 1.807) is 0 Å². The highest BCUT2D eigenvalue weighted by Gasteiger charge is 2.26. The molecule has 0 bridgehead atoms. The standard InChI is InChI=1S/C14H20O2/c1-10(2)11-5-3-6-12(9-11)16-14-8-4-7-13(14)15/h3,5-6,9-10,13-15H,4,7-8H2,1-2H3/t13-,14-/m1/s1. The van der Waals surface area contributed by atoms with E-state index in [2.05, 4.69) is 26.0 Å². The van der Waals surface area contributed by atoms with Crippen LogP contribution in [0.3, 0.4) is 0 Å². The Labute approximate surface area is 97.3 Å². The summed E-state index contributed by atoms with van der Waals surface area (Å²) < 4.78 is 5.83. The number of rotatable bonds is 3. The molecule has 1 N–H and O–H groups in total. The van der Waals surface area contributed by atoms with Gasteiger partial charge in [0.25, 0.3) is 0 Å². The molecular weight excluding hydrogens is 200 g/mol.